The molecule has 4 aromatic carbocycles. The van der Waals surface area contributed by atoms with Gasteiger partial charge in [0.05, 0.1) is 0 Å². The standard InChI is InChI=1S/C26H18F6O6S2/c1-15-13-18(9-11-22(15)37-39(33,34)25(27,28)29)20-7-3-5-17-6-4-8-21(24(17)20)19-10-12-23(16(2)14-19)38-40(35,36)26(30,31)32/h3-14H,1-2H3. The van der Waals surface area contributed by atoms with Gasteiger partial charge in [-0.1, -0.05) is 48.5 Å². The summed E-state index contributed by atoms with van der Waals surface area (Å²) in [5.41, 5.74) is -8.72. The predicted octanol–water partition coefficient (Wildman–Crippen LogP) is 7.25. The van der Waals surface area contributed by atoms with Crippen molar-refractivity contribution in [1.82, 2.24) is 0 Å². The highest BCUT2D eigenvalue weighted by molar-refractivity contribution is 7.88. The van der Waals surface area contributed by atoms with E-state index >= 15 is 0 Å². The SMILES string of the molecule is Cc1cc(-c2cccc3cccc(-c4ccc(OS(=O)(=O)C(F)(F)F)c(C)c4)c23)ccc1OS(=O)(=O)C(F)(F)F. The Morgan fingerprint density at radius 3 is 1.27 bits per heavy atom. The average molecular weight is 605 g/mol. The first-order valence-electron chi connectivity index (χ1n) is 11.2. The van der Waals surface area contributed by atoms with Crippen molar-refractivity contribution in [2.24, 2.45) is 0 Å². The lowest BCUT2D eigenvalue weighted by molar-refractivity contribution is -0.0505. The molecule has 4 rings (SSSR count). The van der Waals surface area contributed by atoms with E-state index in [0.717, 1.165) is 17.5 Å². The zero-order valence-electron chi connectivity index (χ0n) is 20.5. The van der Waals surface area contributed by atoms with Crippen molar-refractivity contribution < 1.29 is 51.5 Å². The summed E-state index contributed by atoms with van der Waals surface area (Å²) in [4.78, 5) is 0. The van der Waals surface area contributed by atoms with E-state index in [0.29, 0.717) is 27.6 Å². The molecule has 0 bridgehead atoms. The number of benzene rings is 4. The average Bonchev–Trinajstić information content (AvgIpc) is 2.84. The largest absolute Gasteiger partial charge is 0.534 e. The van der Waals surface area contributed by atoms with Crippen LogP contribution in [-0.4, -0.2) is 27.9 Å². The third-order valence-electron chi connectivity index (χ3n) is 5.84. The predicted molar refractivity (Wildman–Crippen MR) is 135 cm³/mol. The Hall–Kier alpha value is -3.78. The number of fused-ring (bicyclic) bond motifs is 1. The first-order valence-corrected chi connectivity index (χ1v) is 14.0. The monoisotopic (exact) mass is 604 g/mol. The normalized spacial score (nSPS) is 12.9. The van der Waals surface area contributed by atoms with Crippen LogP contribution in [0.25, 0.3) is 33.0 Å². The number of halogens is 6. The number of alkyl halides is 6. The van der Waals surface area contributed by atoms with E-state index in [1.807, 2.05) is 0 Å². The minimum Gasteiger partial charge on any atom is -0.376 e. The maximum Gasteiger partial charge on any atom is 0.534 e. The van der Waals surface area contributed by atoms with Gasteiger partial charge in [0.1, 0.15) is 11.5 Å². The van der Waals surface area contributed by atoms with Gasteiger partial charge in [-0.3, -0.25) is 0 Å². The van der Waals surface area contributed by atoms with E-state index in [1.165, 1.54) is 38.1 Å². The van der Waals surface area contributed by atoms with Crippen molar-refractivity contribution in [2.45, 2.75) is 24.9 Å². The summed E-state index contributed by atoms with van der Waals surface area (Å²) in [7, 11) is -11.7. The van der Waals surface area contributed by atoms with Crippen LogP contribution in [0.3, 0.4) is 0 Å². The van der Waals surface area contributed by atoms with E-state index in [1.54, 1.807) is 36.4 Å². The molecule has 212 valence electrons. The third kappa shape index (κ3) is 5.59. The summed E-state index contributed by atoms with van der Waals surface area (Å²) in [6.45, 7) is 2.77. The van der Waals surface area contributed by atoms with Crippen LogP contribution in [0.2, 0.25) is 0 Å². The Kier molecular flexibility index (Phi) is 7.30. The topological polar surface area (TPSA) is 86.7 Å². The van der Waals surface area contributed by atoms with E-state index in [2.05, 4.69) is 8.37 Å². The molecule has 0 radical (unpaired) electrons. The maximum absolute atomic E-state index is 12.8. The van der Waals surface area contributed by atoms with Gasteiger partial charge in [0, 0.05) is 0 Å². The summed E-state index contributed by atoms with van der Waals surface area (Å²) in [5, 5.41) is 1.40. The molecule has 0 saturated carbocycles. The van der Waals surface area contributed by atoms with Crippen LogP contribution in [0.1, 0.15) is 11.1 Å². The van der Waals surface area contributed by atoms with Gasteiger partial charge in [-0.2, -0.15) is 43.2 Å². The van der Waals surface area contributed by atoms with Gasteiger partial charge in [0.25, 0.3) is 0 Å². The van der Waals surface area contributed by atoms with Crippen LogP contribution >= 0.6 is 0 Å². The summed E-state index contributed by atoms with van der Waals surface area (Å²) >= 11 is 0. The molecule has 40 heavy (non-hydrogen) atoms. The van der Waals surface area contributed by atoms with E-state index < -0.39 is 42.8 Å². The molecule has 0 aromatic heterocycles. The molecule has 0 fully saturated rings. The minimum absolute atomic E-state index is 0.114. The van der Waals surface area contributed by atoms with Gasteiger partial charge in [-0.25, -0.2) is 0 Å². The van der Waals surface area contributed by atoms with Gasteiger partial charge in [-0.15, -0.1) is 0 Å². The quantitative estimate of drug-likeness (QED) is 0.131. The first-order chi connectivity index (χ1) is 18.4. The van der Waals surface area contributed by atoms with Crippen molar-refractivity contribution in [3.8, 4) is 33.8 Å². The second-order valence-electron chi connectivity index (χ2n) is 8.64. The molecule has 0 N–H and O–H groups in total. The van der Waals surface area contributed by atoms with Crippen molar-refractivity contribution in [2.75, 3.05) is 0 Å². The highest BCUT2D eigenvalue weighted by Crippen LogP contribution is 2.40. The van der Waals surface area contributed by atoms with Crippen molar-refractivity contribution in [3.63, 3.8) is 0 Å². The van der Waals surface area contributed by atoms with Crippen molar-refractivity contribution in [3.05, 3.63) is 83.9 Å². The minimum atomic E-state index is -5.87. The van der Waals surface area contributed by atoms with E-state index in [9.17, 15) is 43.2 Å². The van der Waals surface area contributed by atoms with Crippen LogP contribution in [-0.2, 0) is 20.2 Å². The van der Waals surface area contributed by atoms with E-state index in [4.69, 9.17) is 0 Å². The molecule has 0 heterocycles. The lowest BCUT2D eigenvalue weighted by Gasteiger charge is -2.16. The van der Waals surface area contributed by atoms with Gasteiger partial charge >= 0.3 is 31.3 Å². The van der Waals surface area contributed by atoms with Crippen LogP contribution in [0, 0.1) is 13.8 Å². The molecule has 0 saturated heterocycles. The van der Waals surface area contributed by atoms with Gasteiger partial charge in [-0.05, 0) is 82.3 Å². The molecule has 0 unspecified atom stereocenters. The second-order valence-corrected chi connectivity index (χ2v) is 11.7. The molecule has 14 heteroatoms. The highest BCUT2D eigenvalue weighted by Gasteiger charge is 2.49. The molecule has 6 nitrogen and oxygen atoms in total. The molecule has 0 atom stereocenters. The summed E-state index contributed by atoms with van der Waals surface area (Å²) in [5.74, 6) is -0.997. The fourth-order valence-electron chi connectivity index (χ4n) is 3.97. The maximum atomic E-state index is 12.8. The Morgan fingerprint density at radius 2 is 0.950 bits per heavy atom. The number of rotatable bonds is 6. The fraction of sp³-hybridized carbons (Fsp3) is 0.154. The van der Waals surface area contributed by atoms with Gasteiger partial charge in [0.2, 0.25) is 0 Å². The summed E-state index contributed by atoms with van der Waals surface area (Å²) in [6, 6.07) is 18.4. The molecular weight excluding hydrogens is 586 g/mol. The lowest BCUT2D eigenvalue weighted by atomic mass is 9.90. The fourth-order valence-corrected chi connectivity index (χ4v) is 5.01. The van der Waals surface area contributed by atoms with Crippen LogP contribution < -0.4 is 8.37 Å². The Labute approximate surface area is 225 Å². The van der Waals surface area contributed by atoms with Gasteiger partial charge in [0.15, 0.2) is 0 Å². The van der Waals surface area contributed by atoms with Crippen molar-refractivity contribution in [1.29, 1.82) is 0 Å². The first kappa shape index (κ1) is 29.2. The van der Waals surface area contributed by atoms with Crippen LogP contribution in [0.15, 0.2) is 72.8 Å². The molecule has 0 spiro atoms. The Balaban J connectivity index is 1.80. The second kappa shape index (κ2) is 10.0. The number of hydrogen-bond donors (Lipinski definition) is 0. The Morgan fingerprint density at radius 1 is 0.575 bits per heavy atom. The highest BCUT2D eigenvalue weighted by atomic mass is 32.2. The van der Waals surface area contributed by atoms with Crippen LogP contribution in [0.5, 0.6) is 11.5 Å². The van der Waals surface area contributed by atoms with Crippen LogP contribution in [0.4, 0.5) is 26.3 Å². The zero-order chi connectivity index (χ0) is 29.7. The summed E-state index contributed by atoms with van der Waals surface area (Å²) in [6.07, 6.45) is 0. The molecule has 0 aliphatic carbocycles. The molecular formula is C26H18F6O6S2. The molecule has 0 aliphatic heterocycles. The number of aryl methyl sites for hydroxylation is 2. The summed E-state index contributed by atoms with van der Waals surface area (Å²) < 4.78 is 131. The Bertz CT molecular complexity index is 1700. The molecule has 4 aromatic rings. The van der Waals surface area contributed by atoms with Crippen molar-refractivity contribution >= 4 is 31.0 Å². The zero-order valence-corrected chi connectivity index (χ0v) is 22.1. The van der Waals surface area contributed by atoms with Gasteiger partial charge < -0.3 is 8.37 Å². The smallest absolute Gasteiger partial charge is 0.376 e. The molecule has 0 aliphatic rings. The number of hydrogen-bond acceptors (Lipinski definition) is 6. The van der Waals surface area contributed by atoms with E-state index in [-0.39, 0.29) is 11.1 Å². The lowest BCUT2D eigenvalue weighted by Crippen LogP contribution is -2.28. The molecule has 0 amide bonds. The third-order valence-corrected chi connectivity index (χ3v) is 7.77.